The Labute approximate surface area is 186 Å². The van der Waals surface area contributed by atoms with E-state index < -0.39 is 0 Å². The van der Waals surface area contributed by atoms with E-state index in [-0.39, 0.29) is 35.6 Å². The number of carbonyl (C=O) groups excluding carboxylic acids is 1. The number of anilines is 2. The summed E-state index contributed by atoms with van der Waals surface area (Å²) in [7, 11) is 1.65. The van der Waals surface area contributed by atoms with Crippen LogP contribution in [0.4, 0.5) is 11.4 Å². The molecule has 3 rings (SSSR count). The first-order valence-corrected chi connectivity index (χ1v) is 8.73. The van der Waals surface area contributed by atoms with Gasteiger partial charge < -0.3 is 25.5 Å². The third-order valence-electron chi connectivity index (χ3n) is 3.97. The highest BCUT2D eigenvalue weighted by Crippen LogP contribution is 2.16. The van der Waals surface area contributed by atoms with Crippen LogP contribution in [0.2, 0.25) is 0 Å². The van der Waals surface area contributed by atoms with Crippen molar-refractivity contribution in [3.63, 3.8) is 0 Å². The van der Waals surface area contributed by atoms with E-state index in [1.807, 2.05) is 48.5 Å². The second kappa shape index (κ2) is 11.2. The third kappa shape index (κ3) is 6.61. The molecule has 4 N–H and O–H groups in total. The van der Waals surface area contributed by atoms with Gasteiger partial charge in [-0.2, -0.15) is 0 Å². The number of hydrogen-bond acceptors (Lipinski definition) is 4. The van der Waals surface area contributed by atoms with Gasteiger partial charge in [0.05, 0.1) is 19.4 Å². The van der Waals surface area contributed by atoms with Crippen molar-refractivity contribution in [2.45, 2.75) is 13.2 Å². The second-order valence-electron chi connectivity index (χ2n) is 6.04. The normalized spacial score (nSPS) is 10.9. The molecule has 0 aliphatic heterocycles. The summed E-state index contributed by atoms with van der Waals surface area (Å²) in [5.74, 6) is 0.291. The van der Waals surface area contributed by atoms with Crippen LogP contribution in [-0.2, 0) is 17.9 Å². The fourth-order valence-corrected chi connectivity index (χ4v) is 2.57. The summed E-state index contributed by atoms with van der Waals surface area (Å²) in [5.41, 5.74) is 9.50. The number of nitrogens with one attached hydrogen (secondary N) is 2. The average Bonchev–Trinajstić information content (AvgIpc) is 3.24. The van der Waals surface area contributed by atoms with Gasteiger partial charge in [-0.25, -0.2) is 4.99 Å². The van der Waals surface area contributed by atoms with Crippen LogP contribution in [-0.4, -0.2) is 19.0 Å². The summed E-state index contributed by atoms with van der Waals surface area (Å²) in [6, 6.07) is 18.4. The molecular weight excluding hydrogens is 483 g/mol. The lowest BCUT2D eigenvalue weighted by Gasteiger charge is -2.11. The number of methoxy groups -OCH3 is 1. The van der Waals surface area contributed by atoms with Crippen molar-refractivity contribution in [2.24, 2.45) is 10.7 Å². The number of furan rings is 1. The van der Waals surface area contributed by atoms with Crippen molar-refractivity contribution in [3.05, 3.63) is 83.8 Å². The molecule has 2 aromatic carbocycles. The monoisotopic (exact) mass is 506 g/mol. The lowest BCUT2D eigenvalue weighted by molar-refractivity contribution is 0.0996. The molecule has 0 unspecified atom stereocenters. The van der Waals surface area contributed by atoms with Crippen molar-refractivity contribution in [1.82, 2.24) is 0 Å². The number of nitrogens with two attached hydrogens (primary N) is 1. The molecule has 1 amide bonds. The third-order valence-corrected chi connectivity index (χ3v) is 3.97. The number of nitrogens with zero attached hydrogens (tertiary/aromatic N) is 1. The van der Waals surface area contributed by atoms with Crippen LogP contribution >= 0.6 is 24.0 Å². The highest BCUT2D eigenvalue weighted by Gasteiger charge is 2.08. The number of rotatable bonds is 7. The first-order valence-electron chi connectivity index (χ1n) is 8.73. The molecule has 0 saturated carbocycles. The summed E-state index contributed by atoms with van der Waals surface area (Å²) in [5, 5.41) is 5.87. The minimum atomic E-state index is -0.293. The van der Waals surface area contributed by atoms with Crippen molar-refractivity contribution < 1.29 is 13.9 Å². The predicted molar refractivity (Wildman–Crippen MR) is 125 cm³/mol. The molecule has 0 spiro atoms. The lowest BCUT2D eigenvalue weighted by Crippen LogP contribution is -2.23. The zero-order valence-corrected chi connectivity index (χ0v) is 18.3. The Morgan fingerprint density at radius 3 is 2.52 bits per heavy atom. The number of para-hydroxylation sites is 1. The molecule has 0 fully saturated rings. The van der Waals surface area contributed by atoms with Crippen molar-refractivity contribution in [2.75, 3.05) is 17.7 Å². The SMILES string of the molecule is COCc1ccccc1NC(N)=NCc1ccc(NC(=O)c2ccco2)cc1.I. The molecule has 3 aromatic rings. The van der Waals surface area contributed by atoms with Crippen LogP contribution in [0, 0.1) is 0 Å². The van der Waals surface area contributed by atoms with Gasteiger partial charge in [0, 0.05) is 24.0 Å². The molecule has 0 aliphatic carbocycles. The molecule has 1 aromatic heterocycles. The fourth-order valence-electron chi connectivity index (χ4n) is 2.57. The molecule has 0 radical (unpaired) electrons. The summed E-state index contributed by atoms with van der Waals surface area (Å²) >= 11 is 0. The second-order valence-corrected chi connectivity index (χ2v) is 6.04. The van der Waals surface area contributed by atoms with Gasteiger partial charge in [0.15, 0.2) is 11.7 Å². The Hall–Kier alpha value is -2.85. The van der Waals surface area contributed by atoms with E-state index in [1.165, 1.54) is 6.26 Å². The molecule has 29 heavy (non-hydrogen) atoms. The molecule has 0 saturated heterocycles. The van der Waals surface area contributed by atoms with Crippen molar-refractivity contribution >= 4 is 47.2 Å². The molecule has 152 valence electrons. The van der Waals surface area contributed by atoms with Gasteiger partial charge in [-0.3, -0.25) is 4.79 Å². The number of ether oxygens (including phenoxy) is 1. The maximum absolute atomic E-state index is 12.0. The summed E-state index contributed by atoms with van der Waals surface area (Å²) in [6.07, 6.45) is 1.46. The minimum absolute atomic E-state index is 0. The summed E-state index contributed by atoms with van der Waals surface area (Å²) in [4.78, 5) is 16.3. The van der Waals surface area contributed by atoms with Crippen LogP contribution in [0.5, 0.6) is 0 Å². The average molecular weight is 506 g/mol. The van der Waals surface area contributed by atoms with E-state index in [0.29, 0.717) is 24.8 Å². The quantitative estimate of drug-likeness (QED) is 0.253. The number of benzene rings is 2. The van der Waals surface area contributed by atoms with E-state index in [4.69, 9.17) is 14.9 Å². The van der Waals surface area contributed by atoms with Gasteiger partial charge in [-0.05, 0) is 35.9 Å². The largest absolute Gasteiger partial charge is 0.459 e. The zero-order chi connectivity index (χ0) is 19.8. The van der Waals surface area contributed by atoms with E-state index >= 15 is 0 Å². The lowest BCUT2D eigenvalue weighted by atomic mass is 10.2. The highest BCUT2D eigenvalue weighted by molar-refractivity contribution is 14.0. The summed E-state index contributed by atoms with van der Waals surface area (Å²) < 4.78 is 10.3. The van der Waals surface area contributed by atoms with Crippen LogP contribution in [0.15, 0.2) is 76.3 Å². The fraction of sp³-hybridized carbons (Fsp3) is 0.143. The van der Waals surface area contributed by atoms with Gasteiger partial charge in [0.25, 0.3) is 5.91 Å². The number of amides is 1. The minimum Gasteiger partial charge on any atom is -0.459 e. The van der Waals surface area contributed by atoms with Crippen LogP contribution in [0.25, 0.3) is 0 Å². The summed E-state index contributed by atoms with van der Waals surface area (Å²) in [6.45, 7) is 0.902. The maximum atomic E-state index is 12.0. The Morgan fingerprint density at radius 2 is 1.83 bits per heavy atom. The van der Waals surface area contributed by atoms with Crippen molar-refractivity contribution in [1.29, 1.82) is 0 Å². The molecule has 0 atom stereocenters. The highest BCUT2D eigenvalue weighted by atomic mass is 127. The van der Waals surface area contributed by atoms with E-state index in [0.717, 1.165) is 16.8 Å². The first kappa shape index (κ1) is 22.4. The van der Waals surface area contributed by atoms with Gasteiger partial charge in [-0.15, -0.1) is 24.0 Å². The maximum Gasteiger partial charge on any atom is 0.291 e. The number of guanidine groups is 1. The number of halogens is 1. The molecule has 0 aliphatic rings. The van der Waals surface area contributed by atoms with E-state index in [2.05, 4.69) is 15.6 Å². The predicted octanol–water partition coefficient (Wildman–Crippen LogP) is 4.22. The Bertz CT molecular complexity index is 941. The standard InChI is InChI=1S/C21H22N4O3.HI/c1-27-14-16-5-2-3-6-18(16)25-21(22)23-13-15-8-10-17(11-9-15)24-20(26)19-7-4-12-28-19;/h2-12H,13-14H2,1H3,(H,24,26)(H3,22,23,25);1H. The van der Waals surface area contributed by atoms with Gasteiger partial charge in [0.1, 0.15) is 0 Å². The molecule has 7 nitrogen and oxygen atoms in total. The number of hydrogen-bond donors (Lipinski definition) is 3. The Kier molecular flexibility index (Phi) is 8.68. The van der Waals surface area contributed by atoms with Crippen LogP contribution in [0.3, 0.4) is 0 Å². The Morgan fingerprint density at radius 1 is 1.07 bits per heavy atom. The van der Waals surface area contributed by atoms with Gasteiger partial charge >= 0.3 is 0 Å². The van der Waals surface area contributed by atoms with Crippen LogP contribution < -0.4 is 16.4 Å². The topological polar surface area (TPSA) is 102 Å². The first-order chi connectivity index (χ1) is 13.7. The zero-order valence-electron chi connectivity index (χ0n) is 15.9. The van der Waals surface area contributed by atoms with Gasteiger partial charge in [-0.1, -0.05) is 30.3 Å². The van der Waals surface area contributed by atoms with E-state index in [9.17, 15) is 4.79 Å². The molecule has 0 bridgehead atoms. The molecule has 8 heteroatoms. The van der Waals surface area contributed by atoms with Crippen LogP contribution in [0.1, 0.15) is 21.7 Å². The van der Waals surface area contributed by atoms with Crippen molar-refractivity contribution in [3.8, 4) is 0 Å². The number of aliphatic imine (C=N–C) groups is 1. The van der Waals surface area contributed by atoms with E-state index in [1.54, 1.807) is 19.2 Å². The molecular formula is C21H23IN4O3. The molecule has 1 heterocycles. The number of carbonyl (C=O) groups is 1. The smallest absolute Gasteiger partial charge is 0.291 e. The van der Waals surface area contributed by atoms with Gasteiger partial charge in [0.2, 0.25) is 0 Å². The Balaban J connectivity index is 0.00000300.